The predicted octanol–water partition coefficient (Wildman–Crippen LogP) is 5.64. The maximum Gasteiger partial charge on any atom is 0.410 e. The Morgan fingerprint density at radius 2 is 1.48 bits per heavy atom. The van der Waals surface area contributed by atoms with Crippen LogP contribution >= 0.6 is 11.3 Å². The van der Waals surface area contributed by atoms with Crippen LogP contribution < -0.4 is 16.0 Å². The van der Waals surface area contributed by atoms with Crippen LogP contribution in [0.1, 0.15) is 64.5 Å². The minimum Gasteiger partial charge on any atom is -0.465 e. The van der Waals surface area contributed by atoms with E-state index in [-0.39, 0.29) is 17.3 Å². The summed E-state index contributed by atoms with van der Waals surface area (Å²) < 4.78 is 23.7. The quantitative estimate of drug-likeness (QED) is 0.161. The molecule has 3 amide bonds. The molecule has 0 aliphatic carbocycles. The van der Waals surface area contributed by atoms with Gasteiger partial charge in [0.15, 0.2) is 20.8 Å². The number of carbonyl (C=O) groups excluding carboxylic acids is 1. The third-order valence-electron chi connectivity index (χ3n) is 7.29. The summed E-state index contributed by atoms with van der Waals surface area (Å²) in [6.45, 7) is 12.1. The van der Waals surface area contributed by atoms with Crippen molar-refractivity contribution >= 4 is 44.4 Å². The molecule has 0 fully saturated rings. The van der Waals surface area contributed by atoms with Gasteiger partial charge < -0.3 is 15.5 Å². The van der Waals surface area contributed by atoms with Gasteiger partial charge in [0.05, 0.1) is 10.6 Å². The van der Waals surface area contributed by atoms with Gasteiger partial charge >= 0.3 is 12.2 Å². The normalized spacial score (nSPS) is 13.5. The molecule has 250 valence electrons. The number of hydrogen-bond donors (Lipinski definition) is 5. The molecule has 1 unspecified atom stereocenters. The molecule has 0 spiro atoms. The number of nitrogens with one attached hydrogen (secondary N) is 3. The van der Waals surface area contributed by atoms with Gasteiger partial charge in [-0.15, -0.1) is 11.3 Å². The van der Waals surface area contributed by atoms with E-state index in [1.807, 2.05) is 24.3 Å². The lowest BCUT2D eigenvalue weighted by Crippen LogP contribution is -2.79. The monoisotopic (exact) mass is 673 g/mol. The summed E-state index contributed by atoms with van der Waals surface area (Å²) in [5.41, 5.74) is 1.49. The minimum absolute atomic E-state index is 0.234. The zero-order chi connectivity index (χ0) is 34.7. The van der Waals surface area contributed by atoms with Crippen LogP contribution in [0.15, 0.2) is 53.4 Å². The van der Waals surface area contributed by atoms with Gasteiger partial charge in [-0.05, 0) is 50.5 Å². The molecular weight excluding hydrogens is 631 g/mol. The molecule has 3 aromatic rings. The van der Waals surface area contributed by atoms with Crippen LogP contribution in [0.4, 0.5) is 14.7 Å². The number of aromatic nitrogens is 1. The minimum atomic E-state index is -3.32. The van der Waals surface area contributed by atoms with Crippen LogP contribution in [-0.4, -0.2) is 70.7 Å². The van der Waals surface area contributed by atoms with E-state index in [0.717, 1.165) is 32.7 Å². The lowest BCUT2D eigenvalue weighted by Gasteiger charge is -2.55. The van der Waals surface area contributed by atoms with Crippen molar-refractivity contribution < 1.29 is 33.0 Å². The molecule has 1 heterocycles. The van der Waals surface area contributed by atoms with Crippen LogP contribution in [0.25, 0.3) is 11.3 Å². The Hall–Kier alpha value is -4.01. The molecule has 2 aromatic carbocycles. The molecule has 46 heavy (non-hydrogen) atoms. The first-order valence-electron chi connectivity index (χ1n) is 14.6. The number of amides is 3. The van der Waals surface area contributed by atoms with E-state index in [9.17, 15) is 33.0 Å². The number of benzene rings is 2. The fourth-order valence-corrected chi connectivity index (χ4v) is 6.91. The highest BCUT2D eigenvalue weighted by molar-refractivity contribution is 7.90. The van der Waals surface area contributed by atoms with Crippen molar-refractivity contribution in [2.45, 2.75) is 77.5 Å². The van der Waals surface area contributed by atoms with Crippen molar-refractivity contribution in [1.82, 2.24) is 20.5 Å². The van der Waals surface area contributed by atoms with Crippen molar-refractivity contribution in [1.29, 1.82) is 0 Å². The number of nitrogens with zero attached hydrogens (tertiary/aromatic N) is 2. The summed E-state index contributed by atoms with van der Waals surface area (Å²) in [5.74, 6) is -1.89. The van der Waals surface area contributed by atoms with Gasteiger partial charge in [0, 0.05) is 47.5 Å². The average Bonchev–Trinajstić information content (AvgIpc) is 3.27. The zero-order valence-corrected chi connectivity index (χ0v) is 29.0. The van der Waals surface area contributed by atoms with Crippen LogP contribution in [0.2, 0.25) is 0 Å². The number of sulfone groups is 1. The second-order valence-corrected chi connectivity index (χ2v) is 16.2. The number of anilines is 1. The summed E-state index contributed by atoms with van der Waals surface area (Å²) in [6, 6.07) is 14.3. The standard InChI is InChI=1S/C32H43N5O7S2/c1-20(38)34-27-35-26(25(45-27)19-22-11-15-24(16-12-22)46(8,43)44)23-13-9-21(10-14-23)17-18-33-32(30(2,3)4,36-28(39)40)37(29(41)42)31(5,6)7/h9-16,33,36H,17-19H2,1-8H3,(H,39,40)(H,41,42)(H,34,35,38). The van der Waals surface area contributed by atoms with E-state index in [4.69, 9.17) is 0 Å². The molecule has 5 N–H and O–H groups in total. The fourth-order valence-electron chi connectivity index (χ4n) is 5.21. The number of carboxylic acid groups (broad SMARTS) is 2. The third-order valence-corrected chi connectivity index (χ3v) is 9.39. The first-order valence-corrected chi connectivity index (χ1v) is 17.3. The first kappa shape index (κ1) is 36.5. The Balaban J connectivity index is 1.88. The lowest BCUT2D eigenvalue weighted by molar-refractivity contribution is -0.114. The van der Waals surface area contributed by atoms with E-state index in [2.05, 4.69) is 20.9 Å². The molecule has 0 saturated carbocycles. The topological polar surface area (TPSA) is 178 Å². The lowest BCUT2D eigenvalue weighted by atomic mass is 9.82. The zero-order valence-electron chi connectivity index (χ0n) is 27.4. The maximum atomic E-state index is 12.5. The van der Waals surface area contributed by atoms with E-state index in [1.54, 1.807) is 65.8 Å². The number of rotatable bonds is 11. The van der Waals surface area contributed by atoms with Gasteiger partial charge in [-0.25, -0.2) is 23.0 Å². The van der Waals surface area contributed by atoms with Crippen molar-refractivity contribution in [3.8, 4) is 11.3 Å². The molecule has 0 bridgehead atoms. The molecular formula is C32H43N5O7S2. The third kappa shape index (κ3) is 8.83. The second kappa shape index (κ2) is 13.8. The van der Waals surface area contributed by atoms with E-state index >= 15 is 0 Å². The molecule has 0 aliphatic rings. The number of hydrogen-bond acceptors (Lipinski definition) is 8. The fraction of sp³-hybridized carbons (Fsp3) is 0.438. The Bertz CT molecular complexity index is 1670. The van der Waals surface area contributed by atoms with Gasteiger partial charge in [-0.3, -0.25) is 20.3 Å². The summed E-state index contributed by atoms with van der Waals surface area (Å²) in [7, 11) is -3.32. The Kier molecular flexibility index (Phi) is 10.9. The average molecular weight is 674 g/mol. The molecule has 14 heteroatoms. The van der Waals surface area contributed by atoms with Gasteiger partial charge in [0.2, 0.25) is 5.91 Å². The molecule has 1 aromatic heterocycles. The van der Waals surface area contributed by atoms with Crippen LogP contribution in [0, 0.1) is 5.41 Å². The highest BCUT2D eigenvalue weighted by atomic mass is 32.2. The second-order valence-electron chi connectivity index (χ2n) is 13.1. The number of carbonyl (C=O) groups is 3. The largest absolute Gasteiger partial charge is 0.465 e. The van der Waals surface area contributed by atoms with Crippen molar-refractivity contribution in [3.63, 3.8) is 0 Å². The Morgan fingerprint density at radius 3 is 1.93 bits per heavy atom. The van der Waals surface area contributed by atoms with E-state index in [1.165, 1.54) is 18.3 Å². The van der Waals surface area contributed by atoms with Crippen LogP contribution in [0.5, 0.6) is 0 Å². The van der Waals surface area contributed by atoms with Gasteiger partial charge in [-0.2, -0.15) is 0 Å². The van der Waals surface area contributed by atoms with Crippen LogP contribution in [-0.2, 0) is 27.5 Å². The van der Waals surface area contributed by atoms with E-state index < -0.39 is 38.8 Å². The first-order chi connectivity index (χ1) is 21.1. The summed E-state index contributed by atoms with van der Waals surface area (Å²) in [5, 5.41) is 28.8. The molecule has 0 radical (unpaired) electrons. The van der Waals surface area contributed by atoms with Crippen molar-refractivity contribution in [2.75, 3.05) is 18.1 Å². The van der Waals surface area contributed by atoms with Gasteiger partial charge in [0.1, 0.15) is 0 Å². The smallest absolute Gasteiger partial charge is 0.410 e. The molecule has 0 aliphatic heterocycles. The predicted molar refractivity (Wildman–Crippen MR) is 179 cm³/mol. The Morgan fingerprint density at radius 1 is 0.913 bits per heavy atom. The molecule has 1 atom stereocenters. The highest BCUT2D eigenvalue weighted by Gasteiger charge is 2.54. The summed E-state index contributed by atoms with van der Waals surface area (Å²) in [6.07, 6.45) is -0.525. The molecule has 3 rings (SSSR count). The summed E-state index contributed by atoms with van der Waals surface area (Å²) in [4.78, 5) is 43.1. The Labute approximate surface area is 274 Å². The molecule has 12 nitrogen and oxygen atoms in total. The molecule has 0 saturated heterocycles. The summed E-state index contributed by atoms with van der Waals surface area (Å²) >= 11 is 1.34. The van der Waals surface area contributed by atoms with Crippen molar-refractivity contribution in [3.05, 3.63) is 64.5 Å². The van der Waals surface area contributed by atoms with Crippen LogP contribution in [0.3, 0.4) is 0 Å². The van der Waals surface area contributed by atoms with E-state index in [0.29, 0.717) is 23.7 Å². The van der Waals surface area contributed by atoms with Crippen molar-refractivity contribution in [2.24, 2.45) is 5.41 Å². The number of thiazole rings is 1. The van der Waals surface area contributed by atoms with Gasteiger partial charge in [0.25, 0.3) is 0 Å². The highest BCUT2D eigenvalue weighted by Crippen LogP contribution is 2.37. The SMILES string of the molecule is CC(=O)Nc1nc(-c2ccc(CCNC(NC(=O)O)(N(C(=O)O)C(C)(C)C)C(C)(C)C)cc2)c(Cc2ccc(S(C)(=O)=O)cc2)s1. The van der Waals surface area contributed by atoms with Gasteiger partial charge in [-0.1, -0.05) is 57.2 Å². The maximum absolute atomic E-state index is 12.5.